The van der Waals surface area contributed by atoms with Crippen LogP contribution in [0.15, 0.2) is 84.0 Å². The van der Waals surface area contributed by atoms with Gasteiger partial charge in [0.1, 0.15) is 6.61 Å². The lowest BCUT2D eigenvalue weighted by Crippen LogP contribution is -2.29. The van der Waals surface area contributed by atoms with Crippen molar-refractivity contribution in [2.75, 3.05) is 5.88 Å². The van der Waals surface area contributed by atoms with Gasteiger partial charge in [0.05, 0.1) is 17.0 Å². The first-order valence-electron chi connectivity index (χ1n) is 10.1. The number of para-hydroxylation sites is 2. The molecule has 0 saturated heterocycles. The third-order valence-corrected chi connectivity index (χ3v) is 6.02. The summed E-state index contributed by atoms with van der Waals surface area (Å²) in [6, 6.07) is 22.3. The van der Waals surface area contributed by atoms with Crippen LogP contribution >= 0.6 is 11.8 Å². The number of hydrogen-bond acceptors (Lipinski definition) is 6. The molecule has 0 N–H and O–H groups in total. The number of amides is 2. The number of aromatic nitrogens is 3. The van der Waals surface area contributed by atoms with Crippen molar-refractivity contribution in [1.82, 2.24) is 19.7 Å². The number of benzene rings is 3. The molecule has 3 aromatic carbocycles. The maximum Gasteiger partial charge on any atom is 0.262 e. The van der Waals surface area contributed by atoms with E-state index in [1.807, 2.05) is 30.3 Å². The van der Waals surface area contributed by atoms with E-state index in [1.54, 1.807) is 41.0 Å². The fourth-order valence-electron chi connectivity index (χ4n) is 3.51. The number of nitrogens with zero attached hydrogens (tertiary/aromatic N) is 4. The lowest BCUT2D eigenvalue weighted by molar-refractivity contribution is 0.0684. The number of hydrogen-bond donors (Lipinski definition) is 0. The summed E-state index contributed by atoms with van der Waals surface area (Å²) < 4.78 is 21.4. The monoisotopic (exact) mass is 460 g/mol. The molecule has 0 bridgehead atoms. The lowest BCUT2D eigenvalue weighted by Gasteiger charge is -2.14. The van der Waals surface area contributed by atoms with E-state index < -0.39 is 5.82 Å². The molecule has 0 radical (unpaired) electrons. The van der Waals surface area contributed by atoms with Crippen LogP contribution in [-0.4, -0.2) is 37.4 Å². The zero-order chi connectivity index (χ0) is 22.8. The largest absolute Gasteiger partial charge is 0.483 e. The van der Waals surface area contributed by atoms with Crippen LogP contribution in [0.4, 0.5) is 4.39 Å². The number of halogens is 1. The minimum atomic E-state index is -0.469. The van der Waals surface area contributed by atoms with Crippen molar-refractivity contribution in [3.05, 3.63) is 102 Å². The summed E-state index contributed by atoms with van der Waals surface area (Å²) in [6.45, 7) is -0.0175. The molecule has 9 heteroatoms. The molecule has 1 aliphatic rings. The number of ether oxygens (including phenoxy) is 1. The highest BCUT2D eigenvalue weighted by Gasteiger charge is 2.35. The maximum absolute atomic E-state index is 14.0. The Hall–Kier alpha value is -3.98. The van der Waals surface area contributed by atoms with Crippen molar-refractivity contribution >= 4 is 23.6 Å². The summed E-state index contributed by atoms with van der Waals surface area (Å²) in [5.74, 6) is -0.502. The molecule has 2 amide bonds. The molecule has 0 unspecified atom stereocenters. The molecular weight excluding hydrogens is 443 g/mol. The van der Waals surface area contributed by atoms with E-state index in [4.69, 9.17) is 4.74 Å². The van der Waals surface area contributed by atoms with Crippen LogP contribution < -0.4 is 4.74 Å². The second-order valence-corrected chi connectivity index (χ2v) is 8.06. The number of thioether (sulfide) groups is 1. The Morgan fingerprint density at radius 2 is 1.45 bits per heavy atom. The zero-order valence-electron chi connectivity index (χ0n) is 17.2. The summed E-state index contributed by atoms with van der Waals surface area (Å²) in [5.41, 5.74) is 1.57. The highest BCUT2D eigenvalue weighted by Crippen LogP contribution is 2.28. The number of carbonyl (C=O) groups is 2. The highest BCUT2D eigenvalue weighted by molar-refractivity contribution is 7.99. The van der Waals surface area contributed by atoms with Crippen LogP contribution in [0.25, 0.3) is 5.69 Å². The predicted octanol–water partition coefficient (Wildman–Crippen LogP) is 4.33. The number of imide groups is 1. The third kappa shape index (κ3) is 3.98. The average Bonchev–Trinajstić information content (AvgIpc) is 3.36. The molecule has 0 saturated carbocycles. The SMILES string of the molecule is O=C1c2ccccc2C(=O)N1CSc1nnc(COc2ccccc2F)n1-c1ccccc1. The topological polar surface area (TPSA) is 77.3 Å². The van der Waals surface area contributed by atoms with Crippen molar-refractivity contribution in [3.63, 3.8) is 0 Å². The van der Waals surface area contributed by atoms with Crippen molar-refractivity contribution in [2.24, 2.45) is 0 Å². The molecule has 7 nitrogen and oxygen atoms in total. The Bertz CT molecular complexity index is 1310. The van der Waals surface area contributed by atoms with E-state index in [0.717, 1.165) is 5.69 Å². The van der Waals surface area contributed by atoms with E-state index in [1.165, 1.54) is 28.8 Å². The predicted molar refractivity (Wildman–Crippen MR) is 120 cm³/mol. The van der Waals surface area contributed by atoms with Crippen LogP contribution in [0.3, 0.4) is 0 Å². The quantitative estimate of drug-likeness (QED) is 0.302. The van der Waals surface area contributed by atoms with Gasteiger partial charge < -0.3 is 4.74 Å². The molecule has 4 aromatic rings. The minimum absolute atomic E-state index is 0.0175. The average molecular weight is 460 g/mol. The molecule has 1 aromatic heterocycles. The summed E-state index contributed by atoms with van der Waals surface area (Å²) in [6.07, 6.45) is 0. The molecule has 33 heavy (non-hydrogen) atoms. The summed E-state index contributed by atoms with van der Waals surface area (Å²) in [4.78, 5) is 26.5. The summed E-state index contributed by atoms with van der Waals surface area (Å²) in [7, 11) is 0. The number of rotatable bonds is 7. The Balaban J connectivity index is 1.39. The van der Waals surface area contributed by atoms with Gasteiger partial charge in [-0.25, -0.2) is 4.39 Å². The molecule has 0 spiro atoms. The summed E-state index contributed by atoms with van der Waals surface area (Å²) >= 11 is 1.21. The van der Waals surface area contributed by atoms with Gasteiger partial charge in [-0.1, -0.05) is 54.2 Å². The highest BCUT2D eigenvalue weighted by atomic mass is 32.2. The molecule has 0 aliphatic carbocycles. The second-order valence-electron chi connectivity index (χ2n) is 7.15. The van der Waals surface area contributed by atoms with Gasteiger partial charge in [0.15, 0.2) is 22.5 Å². The molecule has 5 rings (SSSR count). The standard InChI is InChI=1S/C24H17FN4O3S/c25-19-12-6-7-13-20(19)32-14-21-26-27-24(29(21)16-8-2-1-3-9-16)33-15-28-22(30)17-10-4-5-11-18(17)23(28)31/h1-13H,14-15H2. The van der Waals surface area contributed by atoms with E-state index in [2.05, 4.69) is 10.2 Å². The van der Waals surface area contributed by atoms with E-state index in [9.17, 15) is 14.0 Å². The Morgan fingerprint density at radius 1 is 0.818 bits per heavy atom. The van der Waals surface area contributed by atoms with Gasteiger partial charge in [-0.3, -0.25) is 19.1 Å². The molecule has 0 fully saturated rings. The van der Waals surface area contributed by atoms with Crippen molar-refractivity contribution < 1.29 is 18.7 Å². The third-order valence-electron chi connectivity index (χ3n) is 5.11. The van der Waals surface area contributed by atoms with Crippen LogP contribution in [0, 0.1) is 5.82 Å². The van der Waals surface area contributed by atoms with Gasteiger partial charge >= 0.3 is 0 Å². The first-order valence-corrected chi connectivity index (χ1v) is 11.1. The van der Waals surface area contributed by atoms with E-state index >= 15 is 0 Å². The lowest BCUT2D eigenvalue weighted by atomic mass is 10.1. The first kappa shape index (κ1) is 20.9. The molecule has 0 atom stereocenters. The minimum Gasteiger partial charge on any atom is -0.483 e. The zero-order valence-corrected chi connectivity index (χ0v) is 18.0. The smallest absolute Gasteiger partial charge is 0.262 e. The second kappa shape index (κ2) is 8.87. The van der Waals surface area contributed by atoms with Crippen LogP contribution in [-0.2, 0) is 6.61 Å². The van der Waals surface area contributed by atoms with Crippen molar-refractivity contribution in [3.8, 4) is 11.4 Å². The fourth-order valence-corrected chi connectivity index (χ4v) is 4.42. The number of carbonyl (C=O) groups excluding carboxylic acids is 2. The Morgan fingerprint density at radius 3 is 2.15 bits per heavy atom. The van der Waals surface area contributed by atoms with Crippen LogP contribution in [0.1, 0.15) is 26.5 Å². The fraction of sp³-hybridized carbons (Fsp3) is 0.0833. The Kier molecular flexibility index (Phi) is 5.62. The van der Waals surface area contributed by atoms with Crippen LogP contribution in [0.2, 0.25) is 0 Å². The van der Waals surface area contributed by atoms with E-state index in [0.29, 0.717) is 22.1 Å². The molecular formula is C24H17FN4O3S. The van der Waals surface area contributed by atoms with Gasteiger partial charge in [0, 0.05) is 5.69 Å². The molecule has 164 valence electrons. The molecule has 1 aliphatic heterocycles. The summed E-state index contributed by atoms with van der Waals surface area (Å²) in [5, 5.41) is 8.93. The van der Waals surface area contributed by atoms with Gasteiger partial charge in [-0.05, 0) is 36.4 Å². The van der Waals surface area contributed by atoms with Crippen molar-refractivity contribution in [2.45, 2.75) is 11.8 Å². The normalized spacial score (nSPS) is 12.8. The van der Waals surface area contributed by atoms with Gasteiger partial charge in [0.25, 0.3) is 11.8 Å². The van der Waals surface area contributed by atoms with Gasteiger partial charge in [0.2, 0.25) is 0 Å². The maximum atomic E-state index is 14.0. The Labute approximate surface area is 192 Å². The van der Waals surface area contributed by atoms with E-state index in [-0.39, 0.29) is 30.0 Å². The number of fused-ring (bicyclic) bond motifs is 1. The van der Waals surface area contributed by atoms with Crippen molar-refractivity contribution in [1.29, 1.82) is 0 Å². The van der Waals surface area contributed by atoms with Gasteiger partial charge in [-0.2, -0.15) is 0 Å². The molecule has 2 heterocycles. The van der Waals surface area contributed by atoms with Gasteiger partial charge in [-0.15, -0.1) is 10.2 Å². The van der Waals surface area contributed by atoms with Crippen LogP contribution in [0.5, 0.6) is 5.75 Å². The first-order chi connectivity index (χ1) is 16.1.